The molecule has 0 spiro atoms. The molecule has 2 aromatic rings. The van der Waals surface area contributed by atoms with E-state index in [-0.39, 0.29) is 5.91 Å². The summed E-state index contributed by atoms with van der Waals surface area (Å²) in [6.45, 7) is 1.50. The van der Waals surface area contributed by atoms with Crippen LogP contribution in [0.2, 0.25) is 0 Å². The molecule has 0 fully saturated rings. The standard InChI is InChI=1S/C19H20INO4/c1-12(19(23)24)17(11-13-3-9-16(25-2)10-4-13)18(22)21-15-7-5-14(20)6-8-15/h3-10,12,17H,11H2,1-2H3,(H,21,22)(H,23,24)/p-1/t12-,17+/m1/s1. The lowest BCUT2D eigenvalue weighted by Gasteiger charge is -2.24. The molecule has 132 valence electrons. The number of benzene rings is 2. The molecule has 6 heteroatoms. The van der Waals surface area contributed by atoms with Crippen LogP contribution in [0.15, 0.2) is 48.5 Å². The van der Waals surface area contributed by atoms with Crippen LogP contribution in [0.4, 0.5) is 5.69 Å². The number of anilines is 1. The summed E-state index contributed by atoms with van der Waals surface area (Å²) in [6.07, 6.45) is 0.301. The molecule has 0 radical (unpaired) electrons. The van der Waals surface area contributed by atoms with Crippen LogP contribution in [0.1, 0.15) is 12.5 Å². The summed E-state index contributed by atoms with van der Waals surface area (Å²) in [5.41, 5.74) is 1.49. The van der Waals surface area contributed by atoms with Crippen molar-refractivity contribution >= 4 is 40.2 Å². The van der Waals surface area contributed by atoms with Gasteiger partial charge in [0.15, 0.2) is 0 Å². The van der Waals surface area contributed by atoms with Gasteiger partial charge in [-0.15, -0.1) is 0 Å². The molecule has 5 nitrogen and oxygen atoms in total. The summed E-state index contributed by atoms with van der Waals surface area (Å²) in [5, 5.41) is 14.1. The zero-order chi connectivity index (χ0) is 18.4. The van der Waals surface area contributed by atoms with Gasteiger partial charge in [0, 0.05) is 21.1 Å². The highest BCUT2D eigenvalue weighted by Gasteiger charge is 2.26. The lowest BCUT2D eigenvalue weighted by atomic mass is 9.87. The highest BCUT2D eigenvalue weighted by molar-refractivity contribution is 14.1. The van der Waals surface area contributed by atoms with Crippen molar-refractivity contribution in [3.8, 4) is 5.75 Å². The highest BCUT2D eigenvalue weighted by Crippen LogP contribution is 2.22. The molecule has 25 heavy (non-hydrogen) atoms. The van der Waals surface area contributed by atoms with E-state index >= 15 is 0 Å². The third-order valence-electron chi connectivity index (χ3n) is 4.04. The van der Waals surface area contributed by atoms with Gasteiger partial charge in [0.25, 0.3) is 0 Å². The Kier molecular flexibility index (Phi) is 6.81. The Hall–Kier alpha value is -2.09. The topological polar surface area (TPSA) is 78.5 Å². The Labute approximate surface area is 160 Å². The van der Waals surface area contributed by atoms with Gasteiger partial charge in [0.2, 0.25) is 5.91 Å². The second kappa shape index (κ2) is 8.84. The molecule has 0 aromatic heterocycles. The molecule has 2 atom stereocenters. The van der Waals surface area contributed by atoms with Crippen LogP contribution in [0.3, 0.4) is 0 Å². The lowest BCUT2D eigenvalue weighted by molar-refractivity contribution is -0.312. The maximum atomic E-state index is 12.6. The normalized spacial score (nSPS) is 12.9. The largest absolute Gasteiger partial charge is 0.550 e. The number of methoxy groups -OCH3 is 1. The van der Waals surface area contributed by atoms with Gasteiger partial charge >= 0.3 is 0 Å². The Morgan fingerprint density at radius 2 is 1.72 bits per heavy atom. The maximum absolute atomic E-state index is 12.6. The minimum absolute atomic E-state index is 0.301. The van der Waals surface area contributed by atoms with Gasteiger partial charge < -0.3 is 20.0 Å². The number of carboxylic acid groups (broad SMARTS) is 1. The SMILES string of the molecule is COc1ccc(C[C@H](C(=O)Nc2ccc(I)cc2)[C@@H](C)C(=O)[O-])cc1. The molecule has 0 heterocycles. The smallest absolute Gasteiger partial charge is 0.228 e. The van der Waals surface area contributed by atoms with Gasteiger partial charge in [-0.2, -0.15) is 0 Å². The number of rotatable bonds is 7. The average molecular weight is 452 g/mol. The summed E-state index contributed by atoms with van der Waals surface area (Å²) in [5.74, 6) is -2.52. The van der Waals surface area contributed by atoms with E-state index in [2.05, 4.69) is 27.9 Å². The first-order chi connectivity index (χ1) is 11.9. The van der Waals surface area contributed by atoms with E-state index in [4.69, 9.17) is 4.74 Å². The van der Waals surface area contributed by atoms with Gasteiger partial charge in [-0.3, -0.25) is 4.79 Å². The van der Waals surface area contributed by atoms with Crippen molar-refractivity contribution in [2.24, 2.45) is 11.8 Å². The first-order valence-electron chi connectivity index (χ1n) is 7.81. The maximum Gasteiger partial charge on any atom is 0.228 e. The zero-order valence-electron chi connectivity index (χ0n) is 14.0. The molecule has 0 aliphatic rings. The van der Waals surface area contributed by atoms with Crippen molar-refractivity contribution in [2.45, 2.75) is 13.3 Å². The van der Waals surface area contributed by atoms with Crippen LogP contribution in [0.5, 0.6) is 5.75 Å². The van der Waals surface area contributed by atoms with E-state index in [1.165, 1.54) is 6.92 Å². The number of hydrogen-bond donors (Lipinski definition) is 1. The van der Waals surface area contributed by atoms with E-state index in [0.29, 0.717) is 17.9 Å². The quantitative estimate of drug-likeness (QED) is 0.655. The summed E-state index contributed by atoms with van der Waals surface area (Å²) in [4.78, 5) is 24.0. The van der Waals surface area contributed by atoms with E-state index in [1.807, 2.05) is 24.3 Å². The first-order valence-corrected chi connectivity index (χ1v) is 8.89. The van der Waals surface area contributed by atoms with E-state index in [1.54, 1.807) is 31.4 Å². The van der Waals surface area contributed by atoms with Crippen LogP contribution >= 0.6 is 22.6 Å². The second-order valence-electron chi connectivity index (χ2n) is 5.76. The third kappa shape index (κ3) is 5.45. The Morgan fingerprint density at radius 1 is 1.12 bits per heavy atom. The van der Waals surface area contributed by atoms with Crippen LogP contribution < -0.4 is 15.2 Å². The second-order valence-corrected chi connectivity index (χ2v) is 7.01. The van der Waals surface area contributed by atoms with Crippen molar-refractivity contribution in [3.05, 3.63) is 57.7 Å². The number of amides is 1. The van der Waals surface area contributed by atoms with Gasteiger partial charge in [0.05, 0.1) is 13.0 Å². The molecule has 0 bridgehead atoms. The predicted molar refractivity (Wildman–Crippen MR) is 102 cm³/mol. The number of aliphatic carboxylic acids is 1. The third-order valence-corrected chi connectivity index (χ3v) is 4.76. The minimum atomic E-state index is -1.24. The summed E-state index contributed by atoms with van der Waals surface area (Å²) >= 11 is 2.17. The van der Waals surface area contributed by atoms with E-state index in [0.717, 1.165) is 9.13 Å². The van der Waals surface area contributed by atoms with Crippen molar-refractivity contribution in [1.82, 2.24) is 0 Å². The van der Waals surface area contributed by atoms with Crippen molar-refractivity contribution in [2.75, 3.05) is 12.4 Å². The molecular weight excluding hydrogens is 433 g/mol. The molecule has 0 aliphatic carbocycles. The molecule has 0 unspecified atom stereocenters. The van der Waals surface area contributed by atoms with Crippen LogP contribution in [-0.2, 0) is 16.0 Å². The van der Waals surface area contributed by atoms with Gasteiger partial charge in [-0.25, -0.2) is 0 Å². The number of carboxylic acids is 1. The van der Waals surface area contributed by atoms with E-state index < -0.39 is 17.8 Å². The fourth-order valence-corrected chi connectivity index (χ4v) is 2.80. The number of nitrogens with one attached hydrogen (secondary N) is 1. The van der Waals surface area contributed by atoms with Gasteiger partial charge in [0.1, 0.15) is 5.75 Å². The Morgan fingerprint density at radius 3 is 2.24 bits per heavy atom. The van der Waals surface area contributed by atoms with Crippen LogP contribution in [0, 0.1) is 15.4 Å². The fraction of sp³-hybridized carbons (Fsp3) is 0.263. The Bertz CT molecular complexity index is 728. The number of ether oxygens (including phenoxy) is 1. The molecule has 1 N–H and O–H groups in total. The average Bonchev–Trinajstić information content (AvgIpc) is 2.61. The molecule has 0 aliphatic heterocycles. The molecule has 1 amide bonds. The van der Waals surface area contributed by atoms with Crippen molar-refractivity contribution < 1.29 is 19.4 Å². The molecular formula is C19H19INO4-. The summed E-state index contributed by atoms with van der Waals surface area (Å²) < 4.78 is 6.16. The number of halogens is 1. The molecule has 0 saturated carbocycles. The number of hydrogen-bond acceptors (Lipinski definition) is 4. The molecule has 2 aromatic carbocycles. The fourth-order valence-electron chi connectivity index (χ4n) is 2.44. The predicted octanol–water partition coefficient (Wildman–Crippen LogP) is 2.48. The number of carbonyl (C=O) groups is 2. The summed E-state index contributed by atoms with van der Waals surface area (Å²) in [6, 6.07) is 14.5. The van der Waals surface area contributed by atoms with E-state index in [9.17, 15) is 14.7 Å². The monoisotopic (exact) mass is 452 g/mol. The van der Waals surface area contributed by atoms with Crippen LogP contribution in [-0.4, -0.2) is 19.0 Å². The van der Waals surface area contributed by atoms with Crippen molar-refractivity contribution in [1.29, 1.82) is 0 Å². The highest BCUT2D eigenvalue weighted by atomic mass is 127. The summed E-state index contributed by atoms with van der Waals surface area (Å²) in [7, 11) is 1.57. The van der Waals surface area contributed by atoms with Crippen molar-refractivity contribution in [3.63, 3.8) is 0 Å². The zero-order valence-corrected chi connectivity index (χ0v) is 16.1. The molecule has 2 rings (SSSR count). The molecule has 0 saturated heterocycles. The van der Waals surface area contributed by atoms with Gasteiger partial charge in [-0.05, 0) is 71.0 Å². The van der Waals surface area contributed by atoms with Crippen LogP contribution in [0.25, 0.3) is 0 Å². The Balaban J connectivity index is 2.17. The van der Waals surface area contributed by atoms with Gasteiger partial charge in [-0.1, -0.05) is 19.1 Å². The minimum Gasteiger partial charge on any atom is -0.550 e. The lowest BCUT2D eigenvalue weighted by Crippen LogP contribution is -2.40. The first kappa shape index (κ1) is 19.2. The number of carbonyl (C=O) groups excluding carboxylic acids is 2.